The molecule has 6 aromatic rings. The van der Waals surface area contributed by atoms with Crippen molar-refractivity contribution in [1.29, 1.82) is 0 Å². The largest absolute Gasteiger partial charge is 0.472 e. The highest BCUT2D eigenvalue weighted by Gasteiger charge is 2.49. The maximum atomic E-state index is 13.9. The molecule has 0 saturated carbocycles. The molecule has 4 fully saturated rings. The fourth-order valence-electron chi connectivity index (χ4n) is 9.31. The fraction of sp³-hybridized carbons (Fsp3) is 0.526. The number of phosphoric ester groups is 4. The molecule has 16 N–H and O–H groups in total. The van der Waals surface area contributed by atoms with Gasteiger partial charge in [0.1, 0.15) is 79.3 Å². The number of nitrogen functional groups attached to an aromatic ring is 4. The molecule has 4 saturated heterocycles. The predicted molar refractivity (Wildman–Crippen MR) is 271 cm³/mol. The molecule has 6 aromatic heterocycles. The van der Waals surface area contributed by atoms with E-state index in [2.05, 4.69) is 44.4 Å². The number of nitrogens with two attached hydrogens (primary N) is 4. The second-order valence-corrected chi connectivity index (χ2v) is 24.1. The van der Waals surface area contributed by atoms with Crippen LogP contribution in [0, 0.1) is 0 Å². The van der Waals surface area contributed by atoms with Gasteiger partial charge in [-0.25, -0.2) is 37.8 Å². The van der Waals surface area contributed by atoms with Gasteiger partial charge in [0.25, 0.3) is 11.1 Å². The third-order valence-electron chi connectivity index (χ3n) is 13.0. The van der Waals surface area contributed by atoms with Gasteiger partial charge in [0.15, 0.2) is 22.3 Å². The summed E-state index contributed by atoms with van der Waals surface area (Å²) in [7, 11) is -21.2. The molecule has 83 heavy (non-hydrogen) atoms. The first-order valence-electron chi connectivity index (χ1n) is 24.2. The number of aliphatic hydroxyl groups is 1. The second-order valence-electron chi connectivity index (χ2n) is 18.7. The summed E-state index contributed by atoms with van der Waals surface area (Å²) < 4.78 is 118. The van der Waals surface area contributed by atoms with Crippen LogP contribution in [0.25, 0.3) is 22.3 Å². The van der Waals surface area contributed by atoms with Gasteiger partial charge in [0, 0.05) is 38.1 Å². The Morgan fingerprint density at radius 3 is 1.25 bits per heavy atom. The Balaban J connectivity index is 0.820. The van der Waals surface area contributed by atoms with E-state index in [1.165, 1.54) is 33.8 Å². The van der Waals surface area contributed by atoms with Crippen LogP contribution >= 0.6 is 31.3 Å². The molecule has 0 bridgehead atoms. The van der Waals surface area contributed by atoms with Crippen LogP contribution in [0.4, 0.5) is 23.5 Å². The van der Waals surface area contributed by atoms with Crippen molar-refractivity contribution in [3.05, 3.63) is 78.9 Å². The van der Waals surface area contributed by atoms with Crippen molar-refractivity contribution in [3.63, 3.8) is 0 Å². The van der Waals surface area contributed by atoms with E-state index >= 15 is 0 Å². The maximum Gasteiger partial charge on any atom is 0.472 e. The zero-order valence-electron chi connectivity index (χ0n) is 42.1. The third kappa shape index (κ3) is 13.9. The van der Waals surface area contributed by atoms with Crippen LogP contribution in [0.2, 0.25) is 0 Å². The van der Waals surface area contributed by atoms with Crippen molar-refractivity contribution in [2.45, 2.75) is 99.4 Å². The Labute approximate surface area is 460 Å². The van der Waals surface area contributed by atoms with E-state index in [0.717, 1.165) is 21.7 Å². The van der Waals surface area contributed by atoms with Crippen LogP contribution < -0.4 is 45.4 Å². The first kappa shape index (κ1) is 60.0. The Morgan fingerprint density at radius 2 is 0.867 bits per heavy atom. The third-order valence-corrected chi connectivity index (χ3v) is 16.5. The van der Waals surface area contributed by atoms with Crippen molar-refractivity contribution in [2.24, 2.45) is 0 Å². The summed E-state index contributed by atoms with van der Waals surface area (Å²) in [5, 5.41) is 10.8. The zero-order valence-corrected chi connectivity index (χ0v) is 45.6. The van der Waals surface area contributed by atoms with Crippen molar-refractivity contribution in [3.8, 4) is 0 Å². The minimum Gasteiger partial charge on any atom is -0.390 e. The van der Waals surface area contributed by atoms with Crippen LogP contribution in [0.1, 0.15) is 50.6 Å². The first-order valence-corrected chi connectivity index (χ1v) is 30.2. The molecule has 0 aliphatic carbocycles. The van der Waals surface area contributed by atoms with Gasteiger partial charge in [-0.15, -0.1) is 0 Å². The minimum atomic E-state index is -5.44. The molecule has 41 nitrogen and oxygen atoms in total. The van der Waals surface area contributed by atoms with Crippen molar-refractivity contribution >= 4 is 77.2 Å². The number of aromatic nitrogens is 12. The molecule has 0 radical (unpaired) electrons. The van der Waals surface area contributed by atoms with E-state index in [1.54, 1.807) is 0 Å². The monoisotopic (exact) mass is 1250 g/mol. The number of aliphatic hydroxyl groups excluding tert-OH is 1. The predicted octanol–water partition coefficient (Wildman–Crippen LogP) is -2.78. The van der Waals surface area contributed by atoms with Gasteiger partial charge in [-0.05, 0) is 12.1 Å². The summed E-state index contributed by atoms with van der Waals surface area (Å²) >= 11 is 0. The average Bonchev–Trinajstić information content (AvgIpc) is 3.39. The topological polar surface area (TPSA) is 592 Å². The number of hydrogen-bond donors (Lipinski definition) is 12. The maximum absolute atomic E-state index is 13.9. The zero-order chi connectivity index (χ0) is 59.5. The van der Waals surface area contributed by atoms with Gasteiger partial charge in [0.05, 0.1) is 45.2 Å². The number of nitrogens with one attached hydrogen (secondary N) is 2. The molecule has 0 spiro atoms. The molecule has 45 heteroatoms. The van der Waals surface area contributed by atoms with Gasteiger partial charge in [0.2, 0.25) is 11.9 Å². The second kappa shape index (κ2) is 23.4. The highest BCUT2D eigenvalue weighted by atomic mass is 31.2. The molecule has 15 unspecified atom stereocenters. The lowest BCUT2D eigenvalue weighted by Gasteiger charge is -2.25. The van der Waals surface area contributed by atoms with Crippen LogP contribution in [0.3, 0.4) is 0 Å². The smallest absolute Gasteiger partial charge is 0.390 e. The van der Waals surface area contributed by atoms with Gasteiger partial charge in [-0.1, -0.05) is 0 Å². The first-order chi connectivity index (χ1) is 39.1. The van der Waals surface area contributed by atoms with E-state index < -0.39 is 173 Å². The summed E-state index contributed by atoms with van der Waals surface area (Å²) in [5.41, 5.74) is 19.1. The highest BCUT2D eigenvalue weighted by Crippen LogP contribution is 2.54. The Hall–Kier alpha value is -6.10. The van der Waals surface area contributed by atoms with Crippen LogP contribution in [-0.4, -0.2) is 163 Å². The van der Waals surface area contributed by atoms with Crippen molar-refractivity contribution < 1.29 is 98.4 Å². The van der Waals surface area contributed by atoms with Gasteiger partial charge < -0.3 is 71.5 Å². The number of hydrogen-bond acceptors (Lipinski definition) is 30. The van der Waals surface area contributed by atoms with E-state index in [9.17, 15) is 67.0 Å². The number of anilines is 4. The molecule has 4 aliphatic heterocycles. The number of rotatable bonds is 22. The Morgan fingerprint density at radius 1 is 0.518 bits per heavy atom. The normalized spacial score (nSPS) is 28.9. The molecular formula is C38H50N16O25P4. The lowest BCUT2D eigenvalue weighted by atomic mass is 10.2. The van der Waals surface area contributed by atoms with E-state index in [1.807, 2.05) is 0 Å². The fourth-order valence-corrected chi connectivity index (χ4v) is 12.5. The molecule has 4 aliphatic rings. The van der Waals surface area contributed by atoms with Crippen molar-refractivity contribution in [2.75, 3.05) is 49.4 Å². The van der Waals surface area contributed by atoms with Gasteiger partial charge in [-0.2, -0.15) is 19.9 Å². The lowest BCUT2D eigenvalue weighted by molar-refractivity contribution is -0.0633. The van der Waals surface area contributed by atoms with Crippen LogP contribution in [0.5, 0.6) is 0 Å². The van der Waals surface area contributed by atoms with Crippen LogP contribution in [0.15, 0.2) is 56.4 Å². The Bertz CT molecular complexity index is 3860. The van der Waals surface area contributed by atoms with Crippen LogP contribution in [-0.2, 0) is 68.9 Å². The number of fused-ring (bicyclic) bond motifs is 2. The number of aromatic amines is 2. The molecular weight excluding hydrogens is 1200 g/mol. The molecule has 15 atom stereocenters. The molecule has 0 amide bonds. The number of H-pyrrole nitrogens is 2. The van der Waals surface area contributed by atoms with Gasteiger partial charge >= 0.3 is 42.7 Å². The number of phosphoric acid groups is 4. The number of nitrogens with zero attached hydrogens (tertiary/aromatic N) is 10. The Kier molecular flexibility index (Phi) is 16.9. The standard InChI is InChI=1S/C38H50N16O25P4/c39-23-1-3-51(37(58)45-23)26-6-16(77-81(63,64)70-9-19-15(55)5-25(73-19)53-13-43-29-31(53)47-35(41)49-33(29)56)21(74-26)11-71-82(65,66)78-17-7-27(52-4-2-24(40)46-38(52)59)75-22(17)12-72-83(67,68)79-18-8-28(76-20(18)10-69-80(60,61)62)54-14-44-30-32(54)48-36(42)50-34(30)57/h1-4,13-22,25-28,55H,5-12H2,(H,63,64)(H,65,66)(H,67,68)(H2,39,45,58)(H2,40,46,59)(H2,60,61,62)(H3,41,47,49,56)(H3,42,48,50,57). The summed E-state index contributed by atoms with van der Waals surface area (Å²) in [6.07, 6.45) is -14.1. The molecule has 10 rings (SSSR count). The van der Waals surface area contributed by atoms with E-state index in [4.69, 9.17) is 69.0 Å². The highest BCUT2D eigenvalue weighted by molar-refractivity contribution is 7.48. The summed E-state index contributed by atoms with van der Waals surface area (Å²) in [6, 6.07) is 2.44. The summed E-state index contributed by atoms with van der Waals surface area (Å²) in [6.45, 7) is -3.73. The van der Waals surface area contributed by atoms with Gasteiger partial charge in [-0.3, -0.25) is 69.5 Å². The quantitative estimate of drug-likeness (QED) is 0.0306. The SMILES string of the molecule is Nc1ccn(C2CC(OP(=O)(O)OCC3OC(n4cnc5c(=O)[nH]c(N)nc54)CC3O)C(COP(=O)(O)OC3CC(n4ccc(N)nc4=O)OC3COP(=O)(O)OC3CC(n4cnc5c(=O)[nH]c(N)nc54)OC3COP(=O)(O)O)O2)c(=O)n1. The summed E-state index contributed by atoms with van der Waals surface area (Å²) in [5.74, 6) is -0.904. The van der Waals surface area contributed by atoms with E-state index in [-0.39, 0.29) is 52.3 Å². The summed E-state index contributed by atoms with van der Waals surface area (Å²) in [4.78, 5) is 131. The minimum absolute atomic E-state index is 0.0207. The average molecular weight is 1250 g/mol. The van der Waals surface area contributed by atoms with Crippen molar-refractivity contribution in [1.82, 2.24) is 58.1 Å². The molecule has 452 valence electrons. The lowest BCUT2D eigenvalue weighted by Crippen LogP contribution is -2.32. The molecule has 0 aromatic carbocycles. The number of ether oxygens (including phenoxy) is 4. The van der Waals surface area contributed by atoms with E-state index in [0.29, 0.717) is 0 Å². The molecule has 10 heterocycles. The number of imidazole rings is 2.